The Bertz CT molecular complexity index is 586. The fourth-order valence-corrected chi connectivity index (χ4v) is 2.67. The van der Waals surface area contributed by atoms with Gasteiger partial charge in [-0.3, -0.25) is 0 Å². The normalized spacial score (nSPS) is 12.4. The maximum atomic E-state index is 13.4. The van der Waals surface area contributed by atoms with Crippen molar-refractivity contribution in [2.24, 2.45) is 0 Å². The van der Waals surface area contributed by atoms with Crippen molar-refractivity contribution in [3.8, 4) is 0 Å². The topological polar surface area (TPSA) is 12.0 Å². The van der Waals surface area contributed by atoms with Crippen molar-refractivity contribution in [3.63, 3.8) is 0 Å². The lowest BCUT2D eigenvalue weighted by molar-refractivity contribution is 0.543. The van der Waals surface area contributed by atoms with Crippen LogP contribution in [-0.4, -0.2) is 6.54 Å². The van der Waals surface area contributed by atoms with E-state index in [1.165, 1.54) is 6.07 Å². The third kappa shape index (κ3) is 3.95. The molecule has 0 saturated carbocycles. The van der Waals surface area contributed by atoms with Crippen LogP contribution >= 0.6 is 23.2 Å². The predicted octanol–water partition coefficient (Wildman–Crippen LogP) is 5.03. The second-order valence-corrected chi connectivity index (χ2v) is 5.45. The van der Waals surface area contributed by atoms with Crippen LogP contribution in [0.2, 0.25) is 10.0 Å². The summed E-state index contributed by atoms with van der Waals surface area (Å²) in [4.78, 5) is 0. The van der Waals surface area contributed by atoms with Gasteiger partial charge in [0.25, 0.3) is 0 Å². The molecule has 0 fully saturated rings. The van der Waals surface area contributed by atoms with E-state index in [1.54, 1.807) is 18.2 Å². The van der Waals surface area contributed by atoms with Crippen molar-refractivity contribution in [2.75, 3.05) is 6.54 Å². The van der Waals surface area contributed by atoms with E-state index in [1.807, 2.05) is 25.1 Å². The maximum Gasteiger partial charge on any atom is 0.123 e. The Morgan fingerprint density at radius 3 is 2.60 bits per heavy atom. The minimum absolute atomic E-state index is 0.0226. The fourth-order valence-electron chi connectivity index (χ4n) is 2.18. The highest BCUT2D eigenvalue weighted by molar-refractivity contribution is 6.35. The van der Waals surface area contributed by atoms with E-state index >= 15 is 0 Å². The monoisotopic (exact) mass is 311 g/mol. The molecule has 1 unspecified atom stereocenters. The predicted molar refractivity (Wildman–Crippen MR) is 83.0 cm³/mol. The fraction of sp³-hybridized carbons (Fsp3) is 0.250. The van der Waals surface area contributed by atoms with Crippen LogP contribution < -0.4 is 5.32 Å². The molecule has 1 N–H and O–H groups in total. The Morgan fingerprint density at radius 1 is 1.15 bits per heavy atom. The summed E-state index contributed by atoms with van der Waals surface area (Å²) >= 11 is 12.1. The van der Waals surface area contributed by atoms with Gasteiger partial charge in [0.2, 0.25) is 0 Å². The van der Waals surface area contributed by atoms with E-state index in [0.717, 1.165) is 17.7 Å². The molecule has 2 rings (SSSR count). The second-order valence-electron chi connectivity index (χ2n) is 4.61. The lowest BCUT2D eigenvalue weighted by Gasteiger charge is -2.19. The Balaban J connectivity index is 2.25. The molecule has 0 bridgehead atoms. The van der Waals surface area contributed by atoms with Gasteiger partial charge in [0, 0.05) is 16.1 Å². The van der Waals surface area contributed by atoms with Crippen molar-refractivity contribution in [3.05, 3.63) is 69.5 Å². The van der Waals surface area contributed by atoms with Gasteiger partial charge in [0.15, 0.2) is 0 Å². The largest absolute Gasteiger partial charge is 0.310 e. The van der Waals surface area contributed by atoms with Gasteiger partial charge in [-0.05, 0) is 48.4 Å². The molecule has 0 amide bonds. The lowest BCUT2D eigenvalue weighted by Crippen LogP contribution is -2.23. The van der Waals surface area contributed by atoms with E-state index < -0.39 is 0 Å². The van der Waals surface area contributed by atoms with E-state index in [9.17, 15) is 4.39 Å². The smallest absolute Gasteiger partial charge is 0.123 e. The number of rotatable bonds is 5. The van der Waals surface area contributed by atoms with Crippen molar-refractivity contribution in [2.45, 2.75) is 19.4 Å². The van der Waals surface area contributed by atoms with Gasteiger partial charge in [-0.2, -0.15) is 0 Å². The molecule has 0 aromatic heterocycles. The molecule has 4 heteroatoms. The summed E-state index contributed by atoms with van der Waals surface area (Å²) in [6.45, 7) is 2.82. The molecule has 2 aromatic rings. The number of likely N-dealkylation sites (N-methyl/N-ethyl adjacent to an activating group) is 1. The number of hydrogen-bond donors (Lipinski definition) is 1. The zero-order valence-corrected chi connectivity index (χ0v) is 12.7. The number of nitrogens with one attached hydrogen (secondary N) is 1. The molecule has 0 heterocycles. The first-order valence-electron chi connectivity index (χ1n) is 6.53. The van der Waals surface area contributed by atoms with Gasteiger partial charge < -0.3 is 5.32 Å². The summed E-state index contributed by atoms with van der Waals surface area (Å²) in [6.07, 6.45) is 0.688. The third-order valence-electron chi connectivity index (χ3n) is 3.14. The quantitative estimate of drug-likeness (QED) is 0.817. The third-order valence-corrected chi connectivity index (χ3v) is 3.73. The summed E-state index contributed by atoms with van der Waals surface area (Å²) in [5, 5.41) is 4.61. The molecule has 0 radical (unpaired) electrons. The van der Waals surface area contributed by atoms with Gasteiger partial charge in [-0.1, -0.05) is 48.3 Å². The minimum Gasteiger partial charge on any atom is -0.310 e. The Hall–Kier alpha value is -1.09. The molecule has 1 atom stereocenters. The molecular weight excluding hydrogens is 296 g/mol. The first-order valence-corrected chi connectivity index (χ1v) is 7.28. The molecule has 1 nitrogen and oxygen atoms in total. The van der Waals surface area contributed by atoms with E-state index in [4.69, 9.17) is 23.2 Å². The number of benzene rings is 2. The van der Waals surface area contributed by atoms with Crippen LogP contribution in [0.25, 0.3) is 0 Å². The Morgan fingerprint density at radius 2 is 1.95 bits per heavy atom. The summed E-state index contributed by atoms with van der Waals surface area (Å²) in [7, 11) is 0. The maximum absolute atomic E-state index is 13.4. The standard InChI is InChI=1S/C16H16Cl2FN/c1-2-20-16(12-4-3-5-14(19)8-12)9-11-6-7-13(17)10-15(11)18/h3-8,10,16,20H,2,9H2,1H3. The van der Waals surface area contributed by atoms with Crippen LogP contribution in [0.5, 0.6) is 0 Å². The lowest BCUT2D eigenvalue weighted by atomic mass is 9.98. The van der Waals surface area contributed by atoms with E-state index in [0.29, 0.717) is 16.5 Å². The van der Waals surface area contributed by atoms with Gasteiger partial charge in [-0.15, -0.1) is 0 Å². The summed E-state index contributed by atoms with van der Waals surface area (Å²) in [6, 6.07) is 12.1. The van der Waals surface area contributed by atoms with Gasteiger partial charge in [0.05, 0.1) is 0 Å². The van der Waals surface area contributed by atoms with E-state index in [2.05, 4.69) is 5.32 Å². The van der Waals surface area contributed by atoms with Crippen molar-refractivity contribution < 1.29 is 4.39 Å². The molecule has 2 aromatic carbocycles. The zero-order chi connectivity index (χ0) is 14.5. The molecule has 106 valence electrons. The first-order chi connectivity index (χ1) is 9.60. The van der Waals surface area contributed by atoms with Crippen LogP contribution in [-0.2, 0) is 6.42 Å². The molecule has 0 spiro atoms. The Kier molecular flexibility index (Phi) is 5.41. The highest BCUT2D eigenvalue weighted by atomic mass is 35.5. The van der Waals surface area contributed by atoms with Crippen LogP contribution in [0.3, 0.4) is 0 Å². The van der Waals surface area contributed by atoms with Crippen LogP contribution in [0, 0.1) is 5.82 Å². The van der Waals surface area contributed by atoms with Crippen molar-refractivity contribution >= 4 is 23.2 Å². The molecule has 0 saturated heterocycles. The van der Waals surface area contributed by atoms with Crippen LogP contribution in [0.1, 0.15) is 24.1 Å². The van der Waals surface area contributed by atoms with Crippen molar-refractivity contribution in [1.29, 1.82) is 0 Å². The van der Waals surface area contributed by atoms with E-state index in [-0.39, 0.29) is 11.9 Å². The van der Waals surface area contributed by atoms with Gasteiger partial charge >= 0.3 is 0 Å². The highest BCUT2D eigenvalue weighted by Gasteiger charge is 2.13. The van der Waals surface area contributed by atoms with Crippen LogP contribution in [0.4, 0.5) is 4.39 Å². The molecule has 0 aliphatic carbocycles. The van der Waals surface area contributed by atoms with Gasteiger partial charge in [-0.25, -0.2) is 4.39 Å². The summed E-state index contributed by atoms with van der Waals surface area (Å²) < 4.78 is 13.4. The first kappa shape index (κ1) is 15.3. The SMILES string of the molecule is CCNC(Cc1ccc(Cl)cc1Cl)c1cccc(F)c1. The average molecular weight is 312 g/mol. The second kappa shape index (κ2) is 7.07. The summed E-state index contributed by atoms with van der Waals surface area (Å²) in [5.41, 5.74) is 1.91. The minimum atomic E-state index is -0.229. The molecule has 0 aliphatic heterocycles. The molecule has 20 heavy (non-hydrogen) atoms. The van der Waals surface area contributed by atoms with Crippen molar-refractivity contribution in [1.82, 2.24) is 5.32 Å². The van der Waals surface area contributed by atoms with Gasteiger partial charge in [0.1, 0.15) is 5.82 Å². The molecule has 0 aliphatic rings. The molecular formula is C16H16Cl2FN. The average Bonchev–Trinajstić information content (AvgIpc) is 2.41. The zero-order valence-electron chi connectivity index (χ0n) is 11.2. The number of hydrogen-bond acceptors (Lipinski definition) is 1. The van der Waals surface area contributed by atoms with Crippen LogP contribution in [0.15, 0.2) is 42.5 Å². The Labute approximate surface area is 128 Å². The highest BCUT2D eigenvalue weighted by Crippen LogP contribution is 2.26. The summed E-state index contributed by atoms with van der Waals surface area (Å²) in [5.74, 6) is -0.229. The number of halogens is 3.